The number of benzene rings is 2. The van der Waals surface area contributed by atoms with Crippen LogP contribution >= 0.6 is 0 Å². The van der Waals surface area contributed by atoms with E-state index in [1.807, 2.05) is 13.0 Å². The maximum atomic E-state index is 12.4. The minimum absolute atomic E-state index is 0.136. The van der Waals surface area contributed by atoms with Gasteiger partial charge in [-0.3, -0.25) is 0 Å². The molecule has 0 radical (unpaired) electrons. The highest BCUT2D eigenvalue weighted by Crippen LogP contribution is 2.21. The van der Waals surface area contributed by atoms with Crippen LogP contribution in [-0.2, 0) is 20.4 Å². The smallest absolute Gasteiger partial charge is 0.241 e. The largest absolute Gasteiger partial charge is 0.301 e. The second-order valence-corrected chi connectivity index (χ2v) is 6.79. The fraction of sp³-hybridized carbons (Fsp3) is 0.188. The molecule has 0 fully saturated rings. The van der Waals surface area contributed by atoms with E-state index in [2.05, 4.69) is 4.72 Å². The van der Waals surface area contributed by atoms with Gasteiger partial charge in [0.2, 0.25) is 10.0 Å². The molecule has 110 valence electrons. The summed E-state index contributed by atoms with van der Waals surface area (Å²) in [6.07, 6.45) is 0.605. The first kappa shape index (κ1) is 15.4. The van der Waals surface area contributed by atoms with E-state index in [9.17, 15) is 13.2 Å². The highest BCUT2D eigenvalue weighted by molar-refractivity contribution is 7.89. The Kier molecular flexibility index (Phi) is 4.25. The zero-order valence-electron chi connectivity index (χ0n) is 11.9. The number of carbonyl (C=O) groups is 1. The van der Waals surface area contributed by atoms with Crippen LogP contribution in [0.1, 0.15) is 18.1 Å². The summed E-state index contributed by atoms with van der Waals surface area (Å²) in [4.78, 5) is 11.6. The Bertz CT molecular complexity index is 724. The summed E-state index contributed by atoms with van der Waals surface area (Å²) in [6, 6.07) is 15.2. The number of aldehydes is 1. The van der Waals surface area contributed by atoms with Crippen LogP contribution < -0.4 is 4.72 Å². The molecule has 1 N–H and O–H groups in total. The van der Waals surface area contributed by atoms with E-state index in [0.717, 1.165) is 5.56 Å². The number of aryl methyl sites for hydroxylation is 1. The molecule has 2 aromatic carbocycles. The summed E-state index contributed by atoms with van der Waals surface area (Å²) in [5.74, 6) is 0. The molecule has 0 amide bonds. The van der Waals surface area contributed by atoms with Crippen molar-refractivity contribution < 1.29 is 13.2 Å². The zero-order valence-corrected chi connectivity index (χ0v) is 12.7. The summed E-state index contributed by atoms with van der Waals surface area (Å²) in [7, 11) is -3.78. The van der Waals surface area contributed by atoms with Crippen molar-refractivity contribution in [3.63, 3.8) is 0 Å². The van der Waals surface area contributed by atoms with Gasteiger partial charge in [0.25, 0.3) is 0 Å². The molecular weight excluding hydrogens is 286 g/mol. The predicted octanol–water partition coefficient (Wildman–Crippen LogP) is 2.39. The Morgan fingerprint density at radius 3 is 2.10 bits per heavy atom. The third kappa shape index (κ3) is 3.37. The topological polar surface area (TPSA) is 63.2 Å². The maximum absolute atomic E-state index is 12.4. The van der Waals surface area contributed by atoms with Gasteiger partial charge in [-0.2, -0.15) is 4.72 Å². The molecule has 0 aliphatic heterocycles. The van der Waals surface area contributed by atoms with Crippen LogP contribution in [0.2, 0.25) is 0 Å². The van der Waals surface area contributed by atoms with Gasteiger partial charge < -0.3 is 4.79 Å². The van der Waals surface area contributed by atoms with Gasteiger partial charge in [-0.25, -0.2) is 8.42 Å². The molecule has 0 saturated heterocycles. The molecule has 2 aromatic rings. The predicted molar refractivity (Wildman–Crippen MR) is 81.4 cm³/mol. The number of hydrogen-bond acceptors (Lipinski definition) is 3. The van der Waals surface area contributed by atoms with E-state index in [1.165, 1.54) is 12.1 Å². The van der Waals surface area contributed by atoms with Gasteiger partial charge in [-0.05, 0) is 31.5 Å². The molecule has 0 aliphatic carbocycles. The normalized spacial score (nSPS) is 14.4. The molecule has 5 heteroatoms. The lowest BCUT2D eigenvalue weighted by molar-refractivity contribution is -0.112. The van der Waals surface area contributed by atoms with E-state index in [0.29, 0.717) is 11.8 Å². The fourth-order valence-corrected chi connectivity index (χ4v) is 3.33. The Hall–Kier alpha value is -1.98. The van der Waals surface area contributed by atoms with Gasteiger partial charge >= 0.3 is 0 Å². The highest BCUT2D eigenvalue weighted by atomic mass is 32.2. The van der Waals surface area contributed by atoms with Gasteiger partial charge in [0, 0.05) is 0 Å². The standard InChI is InChI=1S/C16H17NO3S/c1-13-8-10-15(11-9-13)21(19,20)17-16(2,12-18)14-6-4-3-5-7-14/h3-12,17H,1-2H3. The molecule has 1 unspecified atom stereocenters. The molecule has 21 heavy (non-hydrogen) atoms. The number of rotatable bonds is 5. The van der Waals surface area contributed by atoms with Crippen LogP contribution in [0.4, 0.5) is 0 Å². The molecule has 0 bridgehead atoms. The molecule has 4 nitrogen and oxygen atoms in total. The Morgan fingerprint density at radius 1 is 1.00 bits per heavy atom. The third-order valence-corrected chi connectivity index (χ3v) is 4.87. The first-order valence-electron chi connectivity index (χ1n) is 6.50. The van der Waals surface area contributed by atoms with Gasteiger partial charge in [-0.1, -0.05) is 48.0 Å². The lowest BCUT2D eigenvalue weighted by Gasteiger charge is -2.25. The minimum atomic E-state index is -3.78. The van der Waals surface area contributed by atoms with E-state index in [4.69, 9.17) is 0 Å². The summed E-state index contributed by atoms with van der Waals surface area (Å²) in [6.45, 7) is 3.42. The van der Waals surface area contributed by atoms with Crippen molar-refractivity contribution in [3.8, 4) is 0 Å². The average molecular weight is 303 g/mol. The number of carbonyl (C=O) groups excluding carboxylic acids is 1. The van der Waals surface area contributed by atoms with E-state index in [-0.39, 0.29) is 4.90 Å². The Morgan fingerprint density at radius 2 is 1.57 bits per heavy atom. The lowest BCUT2D eigenvalue weighted by atomic mass is 9.95. The van der Waals surface area contributed by atoms with Crippen LogP contribution in [0.3, 0.4) is 0 Å². The Labute approximate surface area is 124 Å². The van der Waals surface area contributed by atoms with Crippen molar-refractivity contribution >= 4 is 16.3 Å². The van der Waals surface area contributed by atoms with Crippen LogP contribution in [-0.4, -0.2) is 14.7 Å². The summed E-state index contributed by atoms with van der Waals surface area (Å²) in [5.41, 5.74) is 0.260. The van der Waals surface area contributed by atoms with E-state index >= 15 is 0 Å². The maximum Gasteiger partial charge on any atom is 0.241 e. The second-order valence-electron chi connectivity index (χ2n) is 5.10. The molecule has 1 atom stereocenters. The number of hydrogen-bond donors (Lipinski definition) is 1. The monoisotopic (exact) mass is 303 g/mol. The highest BCUT2D eigenvalue weighted by Gasteiger charge is 2.32. The first-order chi connectivity index (χ1) is 9.87. The minimum Gasteiger partial charge on any atom is -0.301 e. The van der Waals surface area contributed by atoms with Crippen molar-refractivity contribution in [3.05, 3.63) is 65.7 Å². The molecule has 0 aliphatic rings. The Balaban J connectivity index is 2.38. The van der Waals surface area contributed by atoms with Crippen molar-refractivity contribution in [1.29, 1.82) is 0 Å². The average Bonchev–Trinajstić information content (AvgIpc) is 2.48. The molecular formula is C16H17NO3S. The first-order valence-corrected chi connectivity index (χ1v) is 7.98. The van der Waals surface area contributed by atoms with Crippen molar-refractivity contribution in [2.24, 2.45) is 0 Å². The molecule has 0 spiro atoms. The molecule has 0 saturated carbocycles. The summed E-state index contributed by atoms with van der Waals surface area (Å²) < 4.78 is 27.3. The van der Waals surface area contributed by atoms with E-state index < -0.39 is 15.6 Å². The molecule has 0 aromatic heterocycles. The third-order valence-electron chi connectivity index (χ3n) is 3.29. The van der Waals surface area contributed by atoms with Gasteiger partial charge in [0.05, 0.1) is 4.90 Å². The molecule has 0 heterocycles. The van der Waals surface area contributed by atoms with Crippen molar-refractivity contribution in [2.45, 2.75) is 24.3 Å². The summed E-state index contributed by atoms with van der Waals surface area (Å²) >= 11 is 0. The quantitative estimate of drug-likeness (QED) is 0.863. The molecule has 2 rings (SSSR count). The second kappa shape index (κ2) is 5.79. The lowest BCUT2D eigenvalue weighted by Crippen LogP contribution is -2.44. The van der Waals surface area contributed by atoms with Crippen LogP contribution in [0.5, 0.6) is 0 Å². The number of sulfonamides is 1. The SMILES string of the molecule is Cc1ccc(S(=O)(=O)NC(C)(C=O)c2ccccc2)cc1. The zero-order chi connectivity index (χ0) is 15.5. The van der Waals surface area contributed by atoms with Crippen LogP contribution in [0.25, 0.3) is 0 Å². The van der Waals surface area contributed by atoms with Crippen LogP contribution in [0, 0.1) is 6.92 Å². The van der Waals surface area contributed by atoms with Gasteiger partial charge in [-0.15, -0.1) is 0 Å². The van der Waals surface area contributed by atoms with E-state index in [1.54, 1.807) is 43.3 Å². The van der Waals surface area contributed by atoms with Crippen molar-refractivity contribution in [1.82, 2.24) is 4.72 Å². The van der Waals surface area contributed by atoms with Gasteiger partial charge in [0.1, 0.15) is 11.8 Å². The van der Waals surface area contributed by atoms with Gasteiger partial charge in [0.15, 0.2) is 0 Å². The van der Waals surface area contributed by atoms with Crippen LogP contribution in [0.15, 0.2) is 59.5 Å². The number of nitrogens with one attached hydrogen (secondary N) is 1. The summed E-state index contributed by atoms with van der Waals surface area (Å²) in [5, 5.41) is 0. The fourth-order valence-electron chi connectivity index (χ4n) is 1.99. The van der Waals surface area contributed by atoms with Crippen molar-refractivity contribution in [2.75, 3.05) is 0 Å².